The van der Waals surface area contributed by atoms with E-state index >= 15 is 0 Å². The molecular weight excluding hydrogens is 166 g/mol. The molecule has 0 heterocycles. The van der Waals surface area contributed by atoms with Gasteiger partial charge in [-0.3, -0.25) is 9.59 Å². The fraction of sp³-hybridized carbons (Fsp3) is 0.714. The highest BCUT2D eigenvalue weighted by molar-refractivity contribution is 6.63. The van der Waals surface area contributed by atoms with Crippen LogP contribution < -0.4 is 5.73 Å². The van der Waals surface area contributed by atoms with Gasteiger partial charge < -0.3 is 5.73 Å². The number of hydrogen-bond donors (Lipinski definition) is 1. The normalized spacial score (nSPS) is 15.5. The van der Waals surface area contributed by atoms with Crippen LogP contribution in [0.25, 0.3) is 0 Å². The van der Waals surface area contributed by atoms with E-state index in [4.69, 9.17) is 17.3 Å². The predicted octanol–water partition coefficient (Wildman–Crippen LogP) is 1.04. The van der Waals surface area contributed by atoms with E-state index in [2.05, 4.69) is 0 Å². The molecule has 0 radical (unpaired) electrons. The fourth-order valence-electron chi connectivity index (χ4n) is 0.693. The summed E-state index contributed by atoms with van der Waals surface area (Å²) in [5.41, 5.74) is 4.30. The summed E-state index contributed by atoms with van der Waals surface area (Å²) in [6.07, 6.45) is 0.543. The molecule has 0 spiro atoms. The van der Waals surface area contributed by atoms with Crippen molar-refractivity contribution >= 4 is 22.8 Å². The molecule has 0 fully saturated rings. The van der Waals surface area contributed by atoms with Gasteiger partial charge in [-0.05, 0) is 18.0 Å². The van der Waals surface area contributed by atoms with E-state index < -0.39 is 16.6 Å². The number of hydrogen-bond acceptors (Lipinski definition) is 2. The lowest BCUT2D eigenvalue weighted by Crippen LogP contribution is -2.35. The van der Waals surface area contributed by atoms with Crippen molar-refractivity contribution in [3.8, 4) is 0 Å². The third kappa shape index (κ3) is 2.89. The number of carbonyl (C=O) groups excluding carboxylic acids is 2. The molecule has 64 valence electrons. The molecule has 0 aliphatic heterocycles. The number of primary amides is 1. The third-order valence-electron chi connectivity index (χ3n) is 1.90. The van der Waals surface area contributed by atoms with Crippen LogP contribution in [-0.2, 0) is 9.59 Å². The quantitative estimate of drug-likeness (QED) is 0.653. The second kappa shape index (κ2) is 3.72. The smallest absolute Gasteiger partial charge is 0.223 e. The Kier molecular flexibility index (Phi) is 3.52. The monoisotopic (exact) mass is 177 g/mol. The maximum Gasteiger partial charge on any atom is 0.223 e. The first-order chi connectivity index (χ1) is 4.92. The molecule has 2 N–H and O–H groups in total. The van der Waals surface area contributed by atoms with Gasteiger partial charge in [0.2, 0.25) is 11.1 Å². The zero-order valence-corrected chi connectivity index (χ0v) is 7.44. The summed E-state index contributed by atoms with van der Waals surface area (Å²) in [6, 6.07) is 0. The van der Waals surface area contributed by atoms with Gasteiger partial charge in [-0.25, -0.2) is 0 Å². The molecule has 0 saturated heterocycles. The van der Waals surface area contributed by atoms with E-state index in [-0.39, 0.29) is 6.42 Å². The van der Waals surface area contributed by atoms with Gasteiger partial charge in [0.15, 0.2) is 0 Å². The highest BCUT2D eigenvalue weighted by atomic mass is 35.5. The zero-order valence-electron chi connectivity index (χ0n) is 6.69. The predicted molar refractivity (Wildman–Crippen MR) is 43.1 cm³/mol. The molecule has 3 nitrogen and oxygen atoms in total. The van der Waals surface area contributed by atoms with Crippen molar-refractivity contribution in [2.75, 3.05) is 0 Å². The van der Waals surface area contributed by atoms with E-state index in [0.29, 0.717) is 6.42 Å². The van der Waals surface area contributed by atoms with Crippen LogP contribution >= 0.6 is 11.6 Å². The van der Waals surface area contributed by atoms with Crippen molar-refractivity contribution in [2.24, 2.45) is 11.1 Å². The van der Waals surface area contributed by atoms with Crippen molar-refractivity contribution in [3.63, 3.8) is 0 Å². The van der Waals surface area contributed by atoms with Gasteiger partial charge in [0, 0.05) is 6.42 Å². The fourth-order valence-corrected chi connectivity index (χ4v) is 0.988. The molecule has 1 atom stereocenters. The van der Waals surface area contributed by atoms with Gasteiger partial charge >= 0.3 is 0 Å². The Bertz CT molecular complexity index is 181. The summed E-state index contributed by atoms with van der Waals surface area (Å²) in [7, 11) is 0. The molecule has 0 bridgehead atoms. The second-order valence-electron chi connectivity index (χ2n) is 2.81. The molecular formula is C7H12ClNO2. The molecule has 0 saturated carbocycles. The minimum absolute atomic E-state index is 0.0143. The Balaban J connectivity index is 4.34. The Morgan fingerprint density at radius 3 is 2.09 bits per heavy atom. The van der Waals surface area contributed by atoms with E-state index in [9.17, 15) is 9.59 Å². The minimum Gasteiger partial charge on any atom is -0.369 e. The van der Waals surface area contributed by atoms with E-state index in [0.717, 1.165) is 0 Å². The molecule has 4 heteroatoms. The highest BCUT2D eigenvalue weighted by Crippen LogP contribution is 2.25. The first-order valence-corrected chi connectivity index (χ1v) is 3.78. The lowest BCUT2D eigenvalue weighted by Gasteiger charge is -2.21. The Hall–Kier alpha value is -0.570. The van der Waals surface area contributed by atoms with E-state index in [1.54, 1.807) is 13.8 Å². The maximum atomic E-state index is 10.8. The lowest BCUT2D eigenvalue weighted by molar-refractivity contribution is -0.130. The zero-order chi connectivity index (χ0) is 9.07. The van der Waals surface area contributed by atoms with Gasteiger partial charge in [0.25, 0.3) is 0 Å². The van der Waals surface area contributed by atoms with Crippen LogP contribution in [0, 0.1) is 5.41 Å². The third-order valence-corrected chi connectivity index (χ3v) is 2.04. The summed E-state index contributed by atoms with van der Waals surface area (Å²) in [5, 5.41) is -0.520. The largest absolute Gasteiger partial charge is 0.369 e. The van der Waals surface area contributed by atoms with Crippen LogP contribution in [0.1, 0.15) is 26.7 Å². The van der Waals surface area contributed by atoms with Gasteiger partial charge in [-0.2, -0.15) is 0 Å². The van der Waals surface area contributed by atoms with Crippen LogP contribution in [0.3, 0.4) is 0 Å². The standard InChI is InChI=1S/C7H12ClNO2/c1-3-7(2,6(9)11)4-5(8)10/h3-4H2,1-2H3,(H2,9,11). The van der Waals surface area contributed by atoms with Crippen LogP contribution in [0.2, 0.25) is 0 Å². The van der Waals surface area contributed by atoms with Crippen molar-refractivity contribution < 1.29 is 9.59 Å². The SMILES string of the molecule is CCC(C)(CC(=O)Cl)C(N)=O. The van der Waals surface area contributed by atoms with Crippen LogP contribution in [-0.4, -0.2) is 11.1 Å². The molecule has 1 amide bonds. The number of carbonyl (C=O) groups is 2. The Morgan fingerprint density at radius 1 is 1.55 bits per heavy atom. The number of rotatable bonds is 4. The van der Waals surface area contributed by atoms with Gasteiger partial charge in [0.1, 0.15) is 0 Å². The van der Waals surface area contributed by atoms with Crippen LogP contribution in [0.15, 0.2) is 0 Å². The molecule has 11 heavy (non-hydrogen) atoms. The number of amides is 1. The molecule has 0 aromatic carbocycles. The summed E-state index contributed by atoms with van der Waals surface area (Å²) in [4.78, 5) is 21.3. The highest BCUT2D eigenvalue weighted by Gasteiger charge is 2.30. The average Bonchev–Trinajstić information content (AvgIpc) is 1.86. The average molecular weight is 178 g/mol. The number of halogens is 1. The summed E-state index contributed by atoms with van der Waals surface area (Å²) in [6.45, 7) is 3.43. The molecule has 0 aromatic heterocycles. The topological polar surface area (TPSA) is 60.2 Å². The van der Waals surface area contributed by atoms with Gasteiger partial charge in [-0.1, -0.05) is 13.8 Å². The molecule has 0 aliphatic carbocycles. The second-order valence-corrected chi connectivity index (χ2v) is 3.23. The van der Waals surface area contributed by atoms with Crippen molar-refractivity contribution in [3.05, 3.63) is 0 Å². The molecule has 0 aromatic rings. The first kappa shape index (κ1) is 10.4. The Morgan fingerprint density at radius 2 is 2.00 bits per heavy atom. The van der Waals surface area contributed by atoms with Crippen molar-refractivity contribution in [1.82, 2.24) is 0 Å². The van der Waals surface area contributed by atoms with Gasteiger partial charge in [0.05, 0.1) is 5.41 Å². The van der Waals surface area contributed by atoms with Crippen molar-refractivity contribution in [2.45, 2.75) is 26.7 Å². The van der Waals surface area contributed by atoms with E-state index in [1.807, 2.05) is 0 Å². The summed E-state index contributed by atoms with van der Waals surface area (Å²) >= 11 is 5.14. The lowest BCUT2D eigenvalue weighted by atomic mass is 9.84. The molecule has 0 aliphatic rings. The van der Waals surface area contributed by atoms with Crippen LogP contribution in [0.4, 0.5) is 0 Å². The Labute approximate surface area is 70.9 Å². The maximum absolute atomic E-state index is 10.8. The minimum atomic E-state index is -0.779. The summed E-state index contributed by atoms with van der Waals surface area (Å²) < 4.78 is 0. The first-order valence-electron chi connectivity index (χ1n) is 3.40. The molecule has 0 rings (SSSR count). The van der Waals surface area contributed by atoms with Gasteiger partial charge in [-0.15, -0.1) is 0 Å². The van der Waals surface area contributed by atoms with E-state index in [1.165, 1.54) is 0 Å². The summed E-state index contributed by atoms with van der Waals surface area (Å²) in [5.74, 6) is -0.478. The van der Waals surface area contributed by atoms with Crippen molar-refractivity contribution in [1.29, 1.82) is 0 Å². The van der Waals surface area contributed by atoms with Crippen LogP contribution in [0.5, 0.6) is 0 Å². The molecule has 1 unspecified atom stereocenters. The number of nitrogens with two attached hydrogens (primary N) is 1.